The Kier molecular flexibility index (Phi) is 4.07. The SMILES string of the molecule is Cc1cc(C)c([As](Cl)C2c3ccccc3-c3ccccc32)c(C)c1. The van der Waals surface area contributed by atoms with Crippen LogP contribution in [0.4, 0.5) is 0 Å². The van der Waals surface area contributed by atoms with E-state index in [0.717, 1.165) is 0 Å². The first-order valence-corrected chi connectivity index (χ1v) is 12.8. The van der Waals surface area contributed by atoms with Crippen molar-refractivity contribution < 1.29 is 0 Å². The van der Waals surface area contributed by atoms with Crippen LogP contribution in [-0.2, 0) is 0 Å². The van der Waals surface area contributed by atoms with Crippen LogP contribution in [0.25, 0.3) is 11.1 Å². The standard InChI is InChI=1S/C22H20AsCl/c1-14-12-15(2)21(16(3)13-14)23(24)22-19-10-6-4-8-17(19)18-9-5-7-11-20(18)22/h4-13,22H,1-3H3. The summed E-state index contributed by atoms with van der Waals surface area (Å²) in [5, 5.41) is 0. The van der Waals surface area contributed by atoms with Crippen molar-refractivity contribution in [3.05, 3.63) is 88.5 Å². The molecule has 1 atom stereocenters. The Hall–Kier alpha value is -1.49. The molecule has 0 saturated heterocycles. The molecule has 24 heavy (non-hydrogen) atoms. The summed E-state index contributed by atoms with van der Waals surface area (Å²) in [5.74, 6) is 0. The van der Waals surface area contributed by atoms with Gasteiger partial charge in [0.1, 0.15) is 0 Å². The van der Waals surface area contributed by atoms with Crippen molar-refractivity contribution in [3.8, 4) is 11.1 Å². The van der Waals surface area contributed by atoms with Gasteiger partial charge in [0.25, 0.3) is 0 Å². The van der Waals surface area contributed by atoms with E-state index in [-0.39, 0.29) is 0 Å². The summed E-state index contributed by atoms with van der Waals surface area (Å²) in [5.41, 5.74) is 9.57. The monoisotopic (exact) mass is 394 g/mol. The molecule has 0 bridgehead atoms. The zero-order chi connectivity index (χ0) is 16.8. The van der Waals surface area contributed by atoms with Gasteiger partial charge in [-0.05, 0) is 0 Å². The minimum atomic E-state index is -1.80. The third-order valence-corrected chi connectivity index (χ3v) is 11.3. The molecule has 0 amide bonds. The van der Waals surface area contributed by atoms with Crippen molar-refractivity contribution in [2.75, 3.05) is 0 Å². The van der Waals surface area contributed by atoms with Crippen LogP contribution < -0.4 is 4.35 Å². The molecule has 0 spiro atoms. The fraction of sp³-hybridized carbons (Fsp3) is 0.182. The summed E-state index contributed by atoms with van der Waals surface area (Å²) in [4.78, 5) is 0. The third-order valence-electron chi connectivity index (χ3n) is 4.88. The van der Waals surface area contributed by atoms with Crippen molar-refractivity contribution >= 4 is 28.0 Å². The van der Waals surface area contributed by atoms with E-state index in [2.05, 4.69) is 81.4 Å². The van der Waals surface area contributed by atoms with E-state index in [0.29, 0.717) is 4.71 Å². The van der Waals surface area contributed by atoms with Crippen LogP contribution in [-0.4, -0.2) is 13.7 Å². The Labute approximate surface area is 152 Å². The summed E-state index contributed by atoms with van der Waals surface area (Å²) < 4.78 is 1.78. The number of rotatable bonds is 2. The molecule has 1 unspecified atom stereocenters. The first-order valence-electron chi connectivity index (χ1n) is 8.29. The summed E-state index contributed by atoms with van der Waals surface area (Å²) in [6.45, 7) is 6.59. The van der Waals surface area contributed by atoms with Gasteiger partial charge in [-0.1, -0.05) is 0 Å². The van der Waals surface area contributed by atoms with Crippen LogP contribution in [0.1, 0.15) is 32.5 Å². The number of fused-ring (bicyclic) bond motifs is 3. The zero-order valence-electron chi connectivity index (χ0n) is 14.2. The quantitative estimate of drug-likeness (QED) is 0.510. The molecule has 0 aliphatic heterocycles. The maximum absolute atomic E-state index is 7.28. The Morgan fingerprint density at radius 2 is 1.21 bits per heavy atom. The van der Waals surface area contributed by atoms with Crippen molar-refractivity contribution in [1.82, 2.24) is 0 Å². The van der Waals surface area contributed by atoms with Crippen molar-refractivity contribution in [3.63, 3.8) is 0 Å². The second-order valence-electron chi connectivity index (χ2n) is 6.64. The molecular formula is C22H20AsCl. The van der Waals surface area contributed by atoms with Gasteiger partial charge in [-0.15, -0.1) is 0 Å². The van der Waals surface area contributed by atoms with Gasteiger partial charge in [-0.25, -0.2) is 0 Å². The van der Waals surface area contributed by atoms with Crippen LogP contribution in [0.15, 0.2) is 60.7 Å². The first-order chi connectivity index (χ1) is 11.6. The third kappa shape index (κ3) is 2.44. The molecule has 1 aliphatic carbocycles. The summed E-state index contributed by atoms with van der Waals surface area (Å²) in [6.07, 6.45) is 0. The van der Waals surface area contributed by atoms with Crippen LogP contribution in [0.3, 0.4) is 0 Å². The molecule has 3 aromatic carbocycles. The maximum atomic E-state index is 7.28. The van der Waals surface area contributed by atoms with Gasteiger partial charge in [0.15, 0.2) is 0 Å². The van der Waals surface area contributed by atoms with Crippen LogP contribution in [0, 0.1) is 20.8 Å². The predicted octanol–water partition coefficient (Wildman–Crippen LogP) is 5.40. The van der Waals surface area contributed by atoms with E-state index in [1.54, 1.807) is 0 Å². The van der Waals surface area contributed by atoms with Gasteiger partial charge in [0.05, 0.1) is 0 Å². The van der Waals surface area contributed by atoms with Gasteiger partial charge in [-0.2, -0.15) is 0 Å². The fourth-order valence-electron chi connectivity index (χ4n) is 4.01. The van der Waals surface area contributed by atoms with Crippen LogP contribution in [0.5, 0.6) is 0 Å². The summed E-state index contributed by atoms with van der Waals surface area (Å²) >= 11 is -1.80. The molecule has 0 aromatic heterocycles. The average Bonchev–Trinajstić information content (AvgIpc) is 2.88. The molecule has 0 radical (unpaired) electrons. The number of halogens is 1. The fourth-order valence-corrected chi connectivity index (χ4v) is 10.7. The Morgan fingerprint density at radius 3 is 1.71 bits per heavy atom. The van der Waals surface area contributed by atoms with E-state index in [4.69, 9.17) is 9.95 Å². The molecule has 4 rings (SSSR count). The first kappa shape index (κ1) is 16.0. The molecular weight excluding hydrogens is 375 g/mol. The number of hydrogen-bond donors (Lipinski definition) is 0. The molecule has 0 nitrogen and oxygen atoms in total. The second-order valence-corrected chi connectivity index (χ2v) is 11.9. The number of benzene rings is 3. The van der Waals surface area contributed by atoms with E-state index >= 15 is 0 Å². The van der Waals surface area contributed by atoms with Gasteiger partial charge >= 0.3 is 153 Å². The zero-order valence-corrected chi connectivity index (χ0v) is 16.8. The number of aryl methyl sites for hydroxylation is 3. The normalized spacial score (nSPS) is 14.3. The molecule has 0 N–H and O–H groups in total. The topological polar surface area (TPSA) is 0 Å². The number of hydrogen-bond acceptors (Lipinski definition) is 0. The molecule has 0 fully saturated rings. The average molecular weight is 395 g/mol. The van der Waals surface area contributed by atoms with E-state index in [1.165, 1.54) is 43.3 Å². The van der Waals surface area contributed by atoms with Gasteiger partial charge < -0.3 is 0 Å². The van der Waals surface area contributed by atoms with E-state index in [1.807, 2.05) is 0 Å². The molecule has 2 heteroatoms. The summed E-state index contributed by atoms with van der Waals surface area (Å²) in [6, 6.07) is 22.1. The second kappa shape index (κ2) is 6.10. The van der Waals surface area contributed by atoms with Crippen molar-refractivity contribution in [1.29, 1.82) is 0 Å². The summed E-state index contributed by atoms with van der Waals surface area (Å²) in [7, 11) is 7.28. The van der Waals surface area contributed by atoms with E-state index < -0.39 is 13.7 Å². The predicted molar refractivity (Wildman–Crippen MR) is 106 cm³/mol. The molecule has 3 aromatic rings. The van der Waals surface area contributed by atoms with Gasteiger partial charge in [0.2, 0.25) is 0 Å². The van der Waals surface area contributed by atoms with Crippen LogP contribution in [0.2, 0.25) is 0 Å². The van der Waals surface area contributed by atoms with Crippen molar-refractivity contribution in [2.45, 2.75) is 25.5 Å². The Balaban J connectivity index is 1.91. The Morgan fingerprint density at radius 1 is 0.750 bits per heavy atom. The molecule has 1 aliphatic rings. The molecule has 120 valence electrons. The van der Waals surface area contributed by atoms with Gasteiger partial charge in [-0.3, -0.25) is 0 Å². The van der Waals surface area contributed by atoms with E-state index in [9.17, 15) is 0 Å². The Bertz CT molecular complexity index is 860. The minimum absolute atomic E-state index is 0.353. The van der Waals surface area contributed by atoms with Crippen molar-refractivity contribution in [2.24, 2.45) is 0 Å². The van der Waals surface area contributed by atoms with Crippen LogP contribution >= 0.6 is 9.95 Å². The molecule has 0 saturated carbocycles. The van der Waals surface area contributed by atoms with Gasteiger partial charge in [0, 0.05) is 0 Å². The molecule has 0 heterocycles.